The molecule has 216 valence electrons. The molecule has 1 N–H and O–H groups in total. The second kappa shape index (κ2) is 12.2. The van der Waals surface area contributed by atoms with E-state index in [0.717, 1.165) is 17.0 Å². The van der Waals surface area contributed by atoms with Crippen LogP contribution in [0, 0.1) is 5.41 Å². The first kappa shape index (κ1) is 28.5. The molecule has 3 aromatic rings. The van der Waals surface area contributed by atoms with Crippen molar-refractivity contribution in [3.05, 3.63) is 83.2 Å². The summed E-state index contributed by atoms with van der Waals surface area (Å²) in [7, 11) is 1.64. The van der Waals surface area contributed by atoms with Crippen LogP contribution in [0.1, 0.15) is 78.5 Å². The molecule has 8 heteroatoms. The summed E-state index contributed by atoms with van der Waals surface area (Å²) in [5, 5.41) is 9.25. The lowest BCUT2D eigenvalue weighted by Crippen LogP contribution is -2.48. The van der Waals surface area contributed by atoms with Gasteiger partial charge in [0, 0.05) is 31.3 Å². The summed E-state index contributed by atoms with van der Waals surface area (Å²) in [4.78, 5) is 30.3. The second-order valence-corrected chi connectivity index (χ2v) is 11.6. The lowest BCUT2D eigenvalue weighted by molar-refractivity contribution is -0.147. The van der Waals surface area contributed by atoms with Gasteiger partial charge < -0.3 is 24.2 Å². The van der Waals surface area contributed by atoms with Crippen LogP contribution in [0.2, 0.25) is 0 Å². The van der Waals surface area contributed by atoms with Crippen LogP contribution < -0.4 is 14.2 Å². The van der Waals surface area contributed by atoms with Gasteiger partial charge in [0.15, 0.2) is 11.5 Å². The number of carbonyl (C=O) groups is 2. The van der Waals surface area contributed by atoms with Crippen LogP contribution in [0.3, 0.4) is 0 Å². The monoisotopic (exact) mass is 558 g/mol. The van der Waals surface area contributed by atoms with E-state index in [4.69, 9.17) is 14.2 Å². The highest BCUT2D eigenvalue weighted by Crippen LogP contribution is 2.40. The van der Waals surface area contributed by atoms with Gasteiger partial charge in [0.05, 0.1) is 19.1 Å². The van der Waals surface area contributed by atoms with E-state index in [1.54, 1.807) is 44.2 Å². The maximum Gasteiger partial charge on any atom is 0.309 e. The highest BCUT2D eigenvalue weighted by Gasteiger charge is 2.33. The molecular formula is C33H38N2O6. The predicted molar refractivity (Wildman–Crippen MR) is 155 cm³/mol. The number of amides is 1. The molecule has 1 aliphatic heterocycles. The van der Waals surface area contributed by atoms with Gasteiger partial charge in [-0.1, -0.05) is 30.3 Å². The Balaban J connectivity index is 1.11. The lowest BCUT2D eigenvalue weighted by atomic mass is 9.88. The Bertz CT molecular complexity index is 1380. The molecule has 2 fully saturated rings. The van der Waals surface area contributed by atoms with Crippen molar-refractivity contribution in [2.45, 2.75) is 58.0 Å². The van der Waals surface area contributed by atoms with Gasteiger partial charge >= 0.3 is 5.97 Å². The smallest absolute Gasteiger partial charge is 0.309 e. The Labute approximate surface area is 241 Å². The molecule has 0 atom stereocenters. The molecule has 1 aliphatic carbocycles. The SMILES string of the molecule is COc1cc(C2CN(C(=O)c3cc(OCCCC(C)(C)C(=O)O)ccn3)C2)ccc1OCc1ccc(C2CC2)cc1. The van der Waals surface area contributed by atoms with Crippen LogP contribution in [0.4, 0.5) is 0 Å². The summed E-state index contributed by atoms with van der Waals surface area (Å²) in [5.74, 6) is 1.91. The highest BCUT2D eigenvalue weighted by molar-refractivity contribution is 5.93. The number of nitrogens with zero attached hydrogens (tertiary/aromatic N) is 2. The number of aromatic nitrogens is 1. The Morgan fingerprint density at radius 2 is 1.68 bits per heavy atom. The number of rotatable bonds is 13. The predicted octanol–water partition coefficient (Wildman–Crippen LogP) is 6.06. The molecule has 1 amide bonds. The molecule has 2 heterocycles. The zero-order chi connectivity index (χ0) is 29.0. The van der Waals surface area contributed by atoms with Gasteiger partial charge in [0.25, 0.3) is 5.91 Å². The highest BCUT2D eigenvalue weighted by atomic mass is 16.5. The van der Waals surface area contributed by atoms with E-state index < -0.39 is 11.4 Å². The average Bonchev–Trinajstić information content (AvgIpc) is 3.80. The van der Waals surface area contributed by atoms with Crippen molar-refractivity contribution in [3.63, 3.8) is 0 Å². The quantitative estimate of drug-likeness (QED) is 0.255. The van der Waals surface area contributed by atoms with Gasteiger partial charge in [-0.15, -0.1) is 0 Å². The van der Waals surface area contributed by atoms with Crippen LogP contribution >= 0.6 is 0 Å². The Kier molecular flexibility index (Phi) is 8.47. The minimum Gasteiger partial charge on any atom is -0.493 e. The van der Waals surface area contributed by atoms with Crippen molar-refractivity contribution in [3.8, 4) is 17.2 Å². The van der Waals surface area contributed by atoms with E-state index in [1.165, 1.54) is 18.4 Å². The van der Waals surface area contributed by atoms with Crippen molar-refractivity contribution >= 4 is 11.9 Å². The standard InChI is InChI=1S/C33H38N2O6/c1-33(2,32(37)38)14-4-16-40-27-13-15-34-28(18-27)31(36)35-19-26(20-35)25-11-12-29(30(17-25)39-3)41-21-22-5-7-23(8-6-22)24-9-10-24/h5-8,11-13,15,17-18,24,26H,4,9-10,14,16,19-21H2,1-3H3,(H,37,38). The van der Waals surface area contributed by atoms with Gasteiger partial charge in [-0.05, 0) is 80.3 Å². The first-order chi connectivity index (χ1) is 19.7. The third-order valence-electron chi connectivity index (χ3n) is 7.99. The molecule has 8 nitrogen and oxygen atoms in total. The number of aliphatic carboxylic acids is 1. The summed E-state index contributed by atoms with van der Waals surface area (Å²) in [6, 6.07) is 18.0. The zero-order valence-electron chi connectivity index (χ0n) is 24.0. The van der Waals surface area contributed by atoms with Gasteiger partial charge in [-0.2, -0.15) is 0 Å². The first-order valence-corrected chi connectivity index (χ1v) is 14.2. The number of likely N-dealkylation sites (tertiary alicyclic amines) is 1. The van der Waals surface area contributed by atoms with Gasteiger partial charge in [-0.25, -0.2) is 0 Å². The molecule has 1 saturated heterocycles. The molecule has 5 rings (SSSR count). The molecule has 2 aliphatic rings. The van der Waals surface area contributed by atoms with E-state index in [9.17, 15) is 14.7 Å². The van der Waals surface area contributed by atoms with Crippen molar-refractivity contribution in [1.82, 2.24) is 9.88 Å². The summed E-state index contributed by atoms with van der Waals surface area (Å²) >= 11 is 0. The first-order valence-electron chi connectivity index (χ1n) is 14.2. The van der Waals surface area contributed by atoms with Crippen molar-refractivity contribution in [2.24, 2.45) is 5.41 Å². The fourth-order valence-electron chi connectivity index (χ4n) is 4.97. The normalized spacial score (nSPS) is 15.2. The maximum atomic E-state index is 13.0. The summed E-state index contributed by atoms with van der Waals surface area (Å²) in [6.45, 7) is 5.43. The average molecular weight is 559 g/mol. The van der Waals surface area contributed by atoms with Crippen molar-refractivity contribution in [2.75, 3.05) is 26.8 Å². The van der Waals surface area contributed by atoms with Gasteiger partial charge in [0.1, 0.15) is 18.1 Å². The number of methoxy groups -OCH3 is 1. The third-order valence-corrected chi connectivity index (χ3v) is 7.99. The molecule has 41 heavy (non-hydrogen) atoms. The number of ether oxygens (including phenoxy) is 3. The van der Waals surface area contributed by atoms with E-state index >= 15 is 0 Å². The van der Waals surface area contributed by atoms with Crippen LogP contribution in [0.25, 0.3) is 0 Å². The Morgan fingerprint density at radius 1 is 0.951 bits per heavy atom. The van der Waals surface area contributed by atoms with Gasteiger partial charge in [0.2, 0.25) is 0 Å². The molecule has 0 bridgehead atoms. The largest absolute Gasteiger partial charge is 0.493 e. The molecule has 1 aromatic heterocycles. The number of pyridine rings is 1. The zero-order valence-corrected chi connectivity index (χ0v) is 24.0. The summed E-state index contributed by atoms with van der Waals surface area (Å²) in [5.41, 5.74) is 3.17. The summed E-state index contributed by atoms with van der Waals surface area (Å²) in [6.07, 6.45) is 5.25. The number of carboxylic acid groups (broad SMARTS) is 1. The molecule has 0 unspecified atom stereocenters. The van der Waals surface area contributed by atoms with Gasteiger partial charge in [-0.3, -0.25) is 14.6 Å². The number of benzene rings is 2. The number of hydrogen-bond acceptors (Lipinski definition) is 6. The Hall–Kier alpha value is -4.07. The van der Waals surface area contributed by atoms with Crippen LogP contribution in [-0.2, 0) is 11.4 Å². The van der Waals surface area contributed by atoms with E-state index in [0.29, 0.717) is 62.1 Å². The molecule has 0 radical (unpaired) electrons. The fourth-order valence-corrected chi connectivity index (χ4v) is 4.97. The molecular weight excluding hydrogens is 520 g/mol. The minimum absolute atomic E-state index is 0.140. The van der Waals surface area contributed by atoms with E-state index in [1.807, 2.05) is 18.2 Å². The van der Waals surface area contributed by atoms with Crippen LogP contribution in [0.15, 0.2) is 60.8 Å². The second-order valence-electron chi connectivity index (χ2n) is 11.6. The minimum atomic E-state index is -0.824. The lowest BCUT2D eigenvalue weighted by Gasteiger charge is -2.39. The third kappa shape index (κ3) is 6.99. The number of carbonyl (C=O) groups excluding carboxylic acids is 1. The number of carboxylic acids is 1. The topological polar surface area (TPSA) is 98.2 Å². The fraction of sp³-hybridized carbons (Fsp3) is 0.424. The van der Waals surface area contributed by atoms with E-state index in [2.05, 4.69) is 29.2 Å². The molecule has 2 aromatic carbocycles. The summed E-state index contributed by atoms with van der Waals surface area (Å²) < 4.78 is 17.5. The van der Waals surface area contributed by atoms with Crippen LogP contribution in [-0.4, -0.2) is 53.7 Å². The Morgan fingerprint density at radius 3 is 2.37 bits per heavy atom. The number of hydrogen-bond donors (Lipinski definition) is 1. The maximum absolute atomic E-state index is 13.0. The van der Waals surface area contributed by atoms with Crippen LogP contribution in [0.5, 0.6) is 17.2 Å². The molecule has 1 saturated carbocycles. The molecule has 0 spiro atoms. The van der Waals surface area contributed by atoms with Crippen molar-refractivity contribution < 1.29 is 28.9 Å². The van der Waals surface area contributed by atoms with Crippen molar-refractivity contribution in [1.29, 1.82) is 0 Å². The van der Waals surface area contributed by atoms with E-state index in [-0.39, 0.29) is 11.8 Å².